The summed E-state index contributed by atoms with van der Waals surface area (Å²) in [5.74, 6) is -10.8. The summed E-state index contributed by atoms with van der Waals surface area (Å²) in [6.07, 6.45) is -1.92. The van der Waals surface area contributed by atoms with E-state index >= 15 is 0 Å². The molecule has 3 aliphatic carbocycles. The van der Waals surface area contributed by atoms with Gasteiger partial charge in [-0.05, 0) is 31.6 Å². The molecule has 0 radical (unpaired) electrons. The van der Waals surface area contributed by atoms with Crippen LogP contribution in [0.4, 0.5) is 0 Å². The van der Waals surface area contributed by atoms with Crippen molar-refractivity contribution < 1.29 is 52.0 Å². The standard InChI is InChI=1S/C22H24N2O11S/c1-7-8-5-4-6-9(25)11(8)16(26)12-10(7)18(35-36(32,33)34)14-15(24(2)3)17(27)13(21(23)30)20(29)22(14,31)19(12)28/h4-7,10,14-15,18,25-26,29,31H,1-3H3,(H2,23,30)(H,32,33,34)/t7-,10+,14+,15-,18-,22-/m0/s1. The normalized spacial score (nSPS) is 32.3. The smallest absolute Gasteiger partial charge is 0.397 e. The second-order valence-electron chi connectivity index (χ2n) is 9.29. The fraction of sp³-hybridized carbons (Fsp3) is 0.409. The Morgan fingerprint density at radius 2 is 1.78 bits per heavy atom. The molecule has 13 nitrogen and oxygen atoms in total. The van der Waals surface area contributed by atoms with Gasteiger partial charge >= 0.3 is 10.4 Å². The Kier molecular flexibility index (Phi) is 5.81. The zero-order valence-electron chi connectivity index (χ0n) is 19.2. The summed E-state index contributed by atoms with van der Waals surface area (Å²) in [6, 6.07) is 2.54. The lowest BCUT2D eigenvalue weighted by molar-refractivity contribution is -0.167. The van der Waals surface area contributed by atoms with E-state index < -0.39 is 91.8 Å². The molecule has 6 atom stereocenters. The average Bonchev–Trinajstić information content (AvgIpc) is 2.74. The van der Waals surface area contributed by atoms with Crippen molar-refractivity contribution >= 4 is 33.6 Å². The first-order valence-electron chi connectivity index (χ1n) is 10.7. The van der Waals surface area contributed by atoms with Gasteiger partial charge in [0.1, 0.15) is 22.8 Å². The predicted octanol–water partition coefficient (Wildman–Crippen LogP) is -0.677. The maximum Gasteiger partial charge on any atom is 0.397 e. The zero-order valence-corrected chi connectivity index (χ0v) is 20.1. The topological polar surface area (TPSA) is 225 Å². The van der Waals surface area contributed by atoms with E-state index in [9.17, 15) is 47.8 Å². The Morgan fingerprint density at radius 1 is 1.17 bits per heavy atom. The minimum atomic E-state index is -5.30. The molecule has 4 rings (SSSR count). The highest BCUT2D eigenvalue weighted by atomic mass is 32.3. The quantitative estimate of drug-likeness (QED) is 0.213. The number of aliphatic hydroxyl groups is 3. The van der Waals surface area contributed by atoms with Crippen LogP contribution in [0.15, 0.2) is 35.1 Å². The summed E-state index contributed by atoms with van der Waals surface area (Å²) in [4.78, 5) is 40.3. The molecular formula is C22H24N2O11S. The van der Waals surface area contributed by atoms with Crippen LogP contribution in [0.1, 0.15) is 24.0 Å². The van der Waals surface area contributed by atoms with Gasteiger partial charge in [0.25, 0.3) is 5.91 Å². The van der Waals surface area contributed by atoms with Crippen molar-refractivity contribution in [2.24, 2.45) is 17.6 Å². The van der Waals surface area contributed by atoms with Gasteiger partial charge in [-0.25, -0.2) is 4.18 Å². The highest BCUT2D eigenvalue weighted by molar-refractivity contribution is 7.80. The molecule has 7 N–H and O–H groups in total. The maximum absolute atomic E-state index is 13.9. The van der Waals surface area contributed by atoms with E-state index in [1.807, 2.05) is 0 Å². The number of Topliss-reactive ketones (excluding diaryl/α,β-unsaturated/α-hetero) is 2. The SMILES string of the molecule is C[C@H]1c2cccc(O)c2C(O)=C2C(=O)[C@]3(O)C(O)=C(C(N)=O)C(=O)[C@@H](N(C)C)[C@@H]3[C@@H](OS(=O)(=O)O)[C@@H]21. The number of phenols is 1. The minimum absolute atomic E-state index is 0.174. The van der Waals surface area contributed by atoms with Gasteiger partial charge < -0.3 is 26.2 Å². The van der Waals surface area contributed by atoms with Crippen molar-refractivity contribution in [1.29, 1.82) is 0 Å². The number of carbonyl (C=O) groups is 3. The van der Waals surface area contributed by atoms with E-state index in [2.05, 4.69) is 0 Å². The lowest BCUT2D eigenvalue weighted by atomic mass is 9.54. The van der Waals surface area contributed by atoms with Crippen molar-refractivity contribution in [1.82, 2.24) is 4.90 Å². The van der Waals surface area contributed by atoms with Gasteiger partial charge in [0.2, 0.25) is 5.78 Å². The summed E-state index contributed by atoms with van der Waals surface area (Å²) in [6.45, 7) is 1.52. The van der Waals surface area contributed by atoms with Crippen LogP contribution in [-0.4, -0.2) is 87.6 Å². The van der Waals surface area contributed by atoms with Crippen LogP contribution >= 0.6 is 0 Å². The molecule has 1 aromatic carbocycles. The molecule has 0 unspecified atom stereocenters. The van der Waals surface area contributed by atoms with Crippen LogP contribution in [0.5, 0.6) is 5.75 Å². The highest BCUT2D eigenvalue weighted by Crippen LogP contribution is 2.57. The van der Waals surface area contributed by atoms with Crippen molar-refractivity contribution in [3.63, 3.8) is 0 Å². The molecule has 1 fully saturated rings. The lowest BCUT2D eigenvalue weighted by Gasteiger charge is -2.54. The molecule has 0 heterocycles. The lowest BCUT2D eigenvalue weighted by Crippen LogP contribution is -2.71. The molecular weight excluding hydrogens is 500 g/mol. The number of amides is 1. The van der Waals surface area contributed by atoms with Crippen LogP contribution in [0, 0.1) is 11.8 Å². The van der Waals surface area contributed by atoms with E-state index in [4.69, 9.17) is 9.92 Å². The fourth-order valence-electron chi connectivity index (χ4n) is 5.80. The molecule has 3 aliphatic rings. The summed E-state index contributed by atoms with van der Waals surface area (Å²) < 4.78 is 38.4. The number of nitrogens with zero attached hydrogens (tertiary/aromatic N) is 1. The first kappa shape index (κ1) is 25.8. The third-order valence-electron chi connectivity index (χ3n) is 7.20. The number of fused-ring (bicyclic) bond motifs is 3. The molecule has 1 saturated carbocycles. The van der Waals surface area contributed by atoms with Gasteiger partial charge in [-0.2, -0.15) is 8.42 Å². The van der Waals surface area contributed by atoms with Crippen molar-refractivity contribution in [2.45, 2.75) is 30.6 Å². The van der Waals surface area contributed by atoms with Gasteiger partial charge in [0.15, 0.2) is 11.4 Å². The molecule has 194 valence electrons. The molecule has 0 aromatic heterocycles. The van der Waals surface area contributed by atoms with Crippen molar-refractivity contribution in [3.05, 3.63) is 46.2 Å². The largest absolute Gasteiger partial charge is 0.508 e. The monoisotopic (exact) mass is 524 g/mol. The van der Waals surface area contributed by atoms with E-state index in [1.165, 1.54) is 44.1 Å². The van der Waals surface area contributed by atoms with E-state index in [0.717, 1.165) is 0 Å². The molecule has 14 heteroatoms. The first-order chi connectivity index (χ1) is 16.6. The Balaban J connectivity index is 2.15. The number of benzene rings is 1. The second kappa shape index (κ2) is 8.11. The molecule has 1 amide bonds. The van der Waals surface area contributed by atoms with Gasteiger partial charge in [-0.1, -0.05) is 19.1 Å². The Hall–Kier alpha value is -3.30. The predicted molar refractivity (Wildman–Crippen MR) is 121 cm³/mol. The number of ketones is 2. The van der Waals surface area contributed by atoms with Gasteiger partial charge in [-0.3, -0.25) is 23.8 Å². The zero-order chi connectivity index (χ0) is 27.1. The summed E-state index contributed by atoms with van der Waals surface area (Å²) in [5.41, 5.74) is 0.469. The Bertz CT molecular complexity index is 1380. The number of phenolic OH excluding ortho intramolecular Hbond substituents is 1. The number of hydrogen-bond donors (Lipinski definition) is 6. The maximum atomic E-state index is 13.9. The van der Waals surface area contributed by atoms with Crippen LogP contribution < -0.4 is 5.73 Å². The van der Waals surface area contributed by atoms with Crippen LogP contribution in [0.25, 0.3) is 5.76 Å². The number of nitrogens with two attached hydrogens (primary N) is 1. The molecule has 0 bridgehead atoms. The van der Waals surface area contributed by atoms with E-state index in [1.54, 1.807) is 0 Å². The number of aliphatic hydroxyl groups excluding tert-OH is 2. The van der Waals surface area contributed by atoms with Crippen LogP contribution in [-0.2, 0) is 29.0 Å². The minimum Gasteiger partial charge on any atom is -0.508 e. The van der Waals surface area contributed by atoms with Gasteiger partial charge in [-0.15, -0.1) is 0 Å². The summed E-state index contributed by atoms with van der Waals surface area (Å²) >= 11 is 0. The third-order valence-corrected chi connectivity index (χ3v) is 7.66. The van der Waals surface area contributed by atoms with Crippen LogP contribution in [0.3, 0.4) is 0 Å². The molecule has 1 aromatic rings. The van der Waals surface area contributed by atoms with E-state index in [0.29, 0.717) is 0 Å². The van der Waals surface area contributed by atoms with E-state index in [-0.39, 0.29) is 11.1 Å². The Morgan fingerprint density at radius 3 is 2.31 bits per heavy atom. The highest BCUT2D eigenvalue weighted by Gasteiger charge is 2.69. The summed E-state index contributed by atoms with van der Waals surface area (Å²) in [5, 5.41) is 44.1. The van der Waals surface area contributed by atoms with Gasteiger partial charge in [0, 0.05) is 11.5 Å². The number of likely N-dealkylation sites (N-methyl/N-ethyl adjacent to an activating group) is 1. The van der Waals surface area contributed by atoms with Gasteiger partial charge in [0.05, 0.1) is 23.6 Å². The number of aromatic hydroxyl groups is 1. The number of hydrogen-bond acceptors (Lipinski definition) is 11. The van der Waals surface area contributed by atoms with Crippen molar-refractivity contribution in [3.8, 4) is 5.75 Å². The molecule has 36 heavy (non-hydrogen) atoms. The number of primary amides is 1. The number of carbonyl (C=O) groups excluding carboxylic acids is 3. The van der Waals surface area contributed by atoms with Crippen molar-refractivity contribution in [2.75, 3.05) is 14.1 Å². The number of rotatable bonds is 4. The molecule has 0 spiro atoms. The third kappa shape index (κ3) is 3.37. The second-order valence-corrected chi connectivity index (χ2v) is 10.3. The molecule has 0 saturated heterocycles. The summed E-state index contributed by atoms with van der Waals surface area (Å²) in [7, 11) is -2.64. The first-order valence-corrected chi connectivity index (χ1v) is 12.0. The Labute approximate surface area is 205 Å². The fourth-order valence-corrected chi connectivity index (χ4v) is 6.32. The average molecular weight is 525 g/mol. The molecule has 0 aliphatic heterocycles. The van der Waals surface area contributed by atoms with Crippen LogP contribution in [0.2, 0.25) is 0 Å².